The molecule has 37 heavy (non-hydrogen) atoms. The Morgan fingerprint density at radius 1 is 1.03 bits per heavy atom. The lowest BCUT2D eigenvalue weighted by molar-refractivity contribution is 0.0837. The van der Waals surface area contributed by atoms with Gasteiger partial charge in [-0.15, -0.1) is 0 Å². The van der Waals surface area contributed by atoms with Crippen molar-refractivity contribution < 1.29 is 14.2 Å². The van der Waals surface area contributed by atoms with Crippen LogP contribution in [0.2, 0.25) is 0 Å². The summed E-state index contributed by atoms with van der Waals surface area (Å²) in [6, 6.07) is 13.1. The van der Waals surface area contributed by atoms with E-state index in [-0.39, 0.29) is 17.7 Å². The van der Waals surface area contributed by atoms with Crippen molar-refractivity contribution in [3.63, 3.8) is 0 Å². The molecule has 1 fully saturated rings. The van der Waals surface area contributed by atoms with E-state index in [9.17, 15) is 14.3 Å². The Balaban J connectivity index is 1.39. The lowest BCUT2D eigenvalue weighted by Crippen LogP contribution is -2.36. The summed E-state index contributed by atoms with van der Waals surface area (Å²) in [5.41, 5.74) is 3.44. The fourth-order valence-electron chi connectivity index (χ4n) is 5.58. The van der Waals surface area contributed by atoms with Crippen molar-refractivity contribution in [1.82, 2.24) is 19.3 Å². The Kier molecular flexibility index (Phi) is 6.16. The maximum absolute atomic E-state index is 13.8. The zero-order chi connectivity index (χ0) is 25.5. The number of piperidine rings is 1. The molecule has 0 amide bonds. The van der Waals surface area contributed by atoms with E-state index in [1.54, 1.807) is 10.7 Å². The summed E-state index contributed by atoms with van der Waals surface area (Å²) in [7, 11) is 0. The van der Waals surface area contributed by atoms with E-state index in [1.165, 1.54) is 6.92 Å². The molecule has 1 N–H and O–H groups in total. The highest BCUT2D eigenvalue weighted by Gasteiger charge is 2.28. The van der Waals surface area contributed by atoms with Crippen LogP contribution in [0.4, 0.5) is 10.3 Å². The van der Waals surface area contributed by atoms with Crippen LogP contribution in [0.1, 0.15) is 44.2 Å². The minimum atomic E-state index is -1.43. The summed E-state index contributed by atoms with van der Waals surface area (Å²) in [6.45, 7) is 3.47. The van der Waals surface area contributed by atoms with E-state index in [1.807, 2.05) is 53.5 Å². The first-order chi connectivity index (χ1) is 18.0. The SMILES string of the molecule is CC(F)Oc1ccccc1C1CCCn2c(=O)c3ccc(-c4cnc(N5CCC(O)CC5)nc4)cc3n21. The van der Waals surface area contributed by atoms with Gasteiger partial charge in [0, 0.05) is 50.1 Å². The van der Waals surface area contributed by atoms with Gasteiger partial charge in [-0.25, -0.2) is 19.0 Å². The molecule has 2 aromatic heterocycles. The molecule has 0 saturated carbocycles. The van der Waals surface area contributed by atoms with E-state index >= 15 is 0 Å². The summed E-state index contributed by atoms with van der Waals surface area (Å²) in [6.07, 6.45) is 5.03. The van der Waals surface area contributed by atoms with Gasteiger partial charge in [0.05, 0.1) is 23.0 Å². The summed E-state index contributed by atoms with van der Waals surface area (Å²) < 4.78 is 23.1. The average Bonchev–Trinajstić information content (AvgIpc) is 3.21. The number of aromatic nitrogens is 4. The summed E-state index contributed by atoms with van der Waals surface area (Å²) >= 11 is 0. The molecule has 1 saturated heterocycles. The van der Waals surface area contributed by atoms with Crippen LogP contribution in [0.25, 0.3) is 22.0 Å². The van der Waals surface area contributed by atoms with Gasteiger partial charge in [0.1, 0.15) is 5.75 Å². The van der Waals surface area contributed by atoms with Crippen molar-refractivity contribution in [3.8, 4) is 16.9 Å². The van der Waals surface area contributed by atoms with E-state index < -0.39 is 6.36 Å². The van der Waals surface area contributed by atoms with Crippen molar-refractivity contribution in [1.29, 1.82) is 0 Å². The number of aliphatic hydroxyl groups excluding tert-OH is 1. The van der Waals surface area contributed by atoms with Gasteiger partial charge >= 0.3 is 0 Å². The van der Waals surface area contributed by atoms with Crippen LogP contribution in [0, 0.1) is 0 Å². The van der Waals surface area contributed by atoms with Gasteiger partial charge in [-0.05, 0) is 49.4 Å². The molecule has 9 heteroatoms. The number of benzene rings is 2. The van der Waals surface area contributed by atoms with Gasteiger partial charge in [0.2, 0.25) is 12.3 Å². The molecular formula is C28H30FN5O3. The van der Waals surface area contributed by atoms with Gasteiger partial charge in [-0.1, -0.05) is 24.3 Å². The molecule has 2 aliphatic rings. The molecule has 2 aromatic carbocycles. The Bertz CT molecular complexity index is 1470. The second-order valence-electron chi connectivity index (χ2n) is 9.85. The number of hydrogen-bond acceptors (Lipinski definition) is 6. The zero-order valence-corrected chi connectivity index (χ0v) is 20.8. The molecule has 4 aromatic rings. The molecule has 2 aliphatic heterocycles. The molecule has 2 atom stereocenters. The number of para-hydroxylation sites is 1. The average molecular weight is 504 g/mol. The molecule has 4 heterocycles. The second-order valence-corrected chi connectivity index (χ2v) is 9.85. The van der Waals surface area contributed by atoms with Gasteiger partial charge in [0.15, 0.2) is 0 Å². The number of aliphatic hydroxyl groups is 1. The summed E-state index contributed by atoms with van der Waals surface area (Å²) in [5, 5.41) is 10.4. The summed E-state index contributed by atoms with van der Waals surface area (Å²) in [4.78, 5) is 24.6. The second kappa shape index (κ2) is 9.63. The first kappa shape index (κ1) is 23.7. The zero-order valence-electron chi connectivity index (χ0n) is 20.8. The number of rotatable bonds is 5. The molecule has 6 rings (SSSR count). The number of ether oxygens (including phenoxy) is 1. The normalized spacial score (nSPS) is 19.1. The van der Waals surface area contributed by atoms with Crippen LogP contribution in [0.3, 0.4) is 0 Å². The Morgan fingerprint density at radius 2 is 1.78 bits per heavy atom. The number of alkyl halides is 1. The molecular weight excluding hydrogens is 473 g/mol. The predicted molar refractivity (Wildman–Crippen MR) is 140 cm³/mol. The maximum atomic E-state index is 13.8. The number of halogens is 1. The highest BCUT2D eigenvalue weighted by molar-refractivity contribution is 5.84. The van der Waals surface area contributed by atoms with Crippen molar-refractivity contribution in [2.75, 3.05) is 18.0 Å². The van der Waals surface area contributed by atoms with Gasteiger partial charge in [0.25, 0.3) is 5.56 Å². The number of anilines is 1. The van der Waals surface area contributed by atoms with Crippen LogP contribution < -0.4 is 15.2 Å². The smallest absolute Gasteiger partial charge is 0.274 e. The molecule has 0 bridgehead atoms. The standard InChI is InChI=1S/C28H30FN5O3/c1-18(29)37-26-7-3-2-5-22(26)24-6-4-12-33-27(36)23-9-8-19(15-25(23)34(24)33)20-16-30-28(31-17-20)32-13-10-21(35)11-14-32/h2-3,5,7-9,15-18,21,24,35H,4,6,10-14H2,1H3. The van der Waals surface area contributed by atoms with Gasteiger partial charge in [-0.3, -0.25) is 9.48 Å². The highest BCUT2D eigenvalue weighted by Crippen LogP contribution is 2.37. The lowest BCUT2D eigenvalue weighted by Gasteiger charge is -2.30. The van der Waals surface area contributed by atoms with Crippen molar-refractivity contribution in [2.45, 2.75) is 57.7 Å². The third-order valence-corrected chi connectivity index (χ3v) is 7.40. The van der Waals surface area contributed by atoms with E-state index in [0.29, 0.717) is 23.6 Å². The Labute approximate surface area is 213 Å². The van der Waals surface area contributed by atoms with E-state index in [2.05, 4.69) is 14.9 Å². The number of fused-ring (bicyclic) bond motifs is 3. The Morgan fingerprint density at radius 3 is 2.54 bits per heavy atom. The third-order valence-electron chi connectivity index (χ3n) is 7.40. The molecule has 0 radical (unpaired) electrons. The molecule has 192 valence electrons. The van der Waals surface area contributed by atoms with Crippen LogP contribution in [-0.4, -0.2) is 50.0 Å². The molecule has 0 aliphatic carbocycles. The van der Waals surface area contributed by atoms with Gasteiger partial charge < -0.3 is 14.7 Å². The largest absolute Gasteiger partial charge is 0.460 e. The highest BCUT2D eigenvalue weighted by atomic mass is 19.1. The van der Waals surface area contributed by atoms with Gasteiger partial charge in [-0.2, -0.15) is 0 Å². The third kappa shape index (κ3) is 4.37. The van der Waals surface area contributed by atoms with E-state index in [0.717, 1.165) is 61.0 Å². The van der Waals surface area contributed by atoms with Crippen molar-refractivity contribution in [3.05, 3.63) is 70.8 Å². The van der Waals surface area contributed by atoms with Crippen LogP contribution in [0.5, 0.6) is 5.75 Å². The molecule has 0 spiro atoms. The minimum Gasteiger partial charge on any atom is -0.460 e. The fourth-order valence-corrected chi connectivity index (χ4v) is 5.58. The van der Waals surface area contributed by atoms with Crippen molar-refractivity contribution >= 4 is 16.9 Å². The molecule has 2 unspecified atom stereocenters. The maximum Gasteiger partial charge on any atom is 0.274 e. The first-order valence-electron chi connectivity index (χ1n) is 12.9. The van der Waals surface area contributed by atoms with E-state index in [4.69, 9.17) is 4.74 Å². The van der Waals surface area contributed by atoms with Crippen LogP contribution in [-0.2, 0) is 6.54 Å². The quantitative estimate of drug-likeness (QED) is 0.437. The Hall–Kier alpha value is -3.72. The number of nitrogens with zero attached hydrogens (tertiary/aromatic N) is 5. The molecule has 8 nitrogen and oxygen atoms in total. The number of hydrogen-bond donors (Lipinski definition) is 1. The summed E-state index contributed by atoms with van der Waals surface area (Å²) in [5.74, 6) is 1.16. The monoisotopic (exact) mass is 503 g/mol. The minimum absolute atomic E-state index is 0.0256. The van der Waals surface area contributed by atoms with Crippen LogP contribution in [0.15, 0.2) is 59.7 Å². The first-order valence-corrected chi connectivity index (χ1v) is 12.9. The lowest BCUT2D eigenvalue weighted by atomic mass is 9.99. The fraction of sp³-hybridized carbons (Fsp3) is 0.393. The van der Waals surface area contributed by atoms with Crippen molar-refractivity contribution in [2.24, 2.45) is 0 Å². The topological polar surface area (TPSA) is 85.4 Å². The van der Waals surface area contributed by atoms with Crippen LogP contribution >= 0.6 is 0 Å². The predicted octanol–water partition coefficient (Wildman–Crippen LogP) is 4.30.